The van der Waals surface area contributed by atoms with Gasteiger partial charge in [0, 0.05) is 25.4 Å². The number of rotatable bonds is 1. The van der Waals surface area contributed by atoms with Gasteiger partial charge in [0.25, 0.3) is 0 Å². The van der Waals surface area contributed by atoms with Gasteiger partial charge in [-0.05, 0) is 0 Å². The van der Waals surface area contributed by atoms with E-state index >= 15 is 0 Å². The second-order valence-corrected chi connectivity index (χ2v) is 3.72. The van der Waals surface area contributed by atoms with Crippen LogP contribution in [0.4, 0.5) is 5.82 Å². The first-order valence-corrected chi connectivity index (χ1v) is 5.44. The number of aromatic nitrogens is 2. The summed E-state index contributed by atoms with van der Waals surface area (Å²) >= 11 is 0. The minimum atomic E-state index is -0.517. The van der Waals surface area contributed by atoms with Crippen LogP contribution in [0.3, 0.4) is 0 Å². The Morgan fingerprint density at radius 2 is 2.00 bits per heavy atom. The molecule has 0 bridgehead atoms. The zero-order valence-electron chi connectivity index (χ0n) is 9.13. The molecule has 1 fully saturated rings. The lowest BCUT2D eigenvalue weighted by Gasteiger charge is -2.24. The molecule has 0 aliphatic carbocycles. The predicted molar refractivity (Wildman–Crippen MR) is 58.4 cm³/mol. The molecule has 1 aliphatic heterocycles. The third-order valence-electron chi connectivity index (χ3n) is 2.44. The van der Waals surface area contributed by atoms with Crippen LogP contribution in [-0.2, 0) is 9.47 Å². The van der Waals surface area contributed by atoms with Gasteiger partial charge in [-0.15, -0.1) is 0 Å². The molecule has 1 aliphatic rings. The minimum Gasteiger partial charge on any atom is -0.388 e. The van der Waals surface area contributed by atoms with E-state index in [0.29, 0.717) is 26.4 Å². The maximum atomic E-state index is 9.40. The highest BCUT2D eigenvalue weighted by Crippen LogP contribution is 2.08. The quantitative estimate of drug-likeness (QED) is 0.684. The number of anilines is 1. The third-order valence-corrected chi connectivity index (χ3v) is 2.44. The molecule has 2 rings (SSSR count). The predicted octanol–water partition coefficient (Wildman–Crippen LogP) is -0.376. The zero-order valence-corrected chi connectivity index (χ0v) is 9.13. The molecule has 0 atom stereocenters. The topological polar surface area (TPSA) is 70.6 Å². The van der Waals surface area contributed by atoms with Gasteiger partial charge in [0.05, 0.1) is 26.4 Å². The summed E-state index contributed by atoms with van der Waals surface area (Å²) in [4.78, 5) is 2.09. The van der Waals surface area contributed by atoms with Gasteiger partial charge < -0.3 is 19.5 Å². The molecule has 1 aromatic rings. The van der Waals surface area contributed by atoms with Gasteiger partial charge in [0.15, 0.2) is 0 Å². The smallest absolute Gasteiger partial charge is 0.150 e. The minimum absolute atomic E-state index is 0.328. The SMILES string of the molecule is OC1COCCN(c2cc[nH]n2)CCOC1. The Balaban J connectivity index is 1.89. The van der Waals surface area contributed by atoms with E-state index in [1.807, 2.05) is 6.07 Å². The molecule has 0 amide bonds. The summed E-state index contributed by atoms with van der Waals surface area (Å²) in [6.07, 6.45) is 1.27. The molecular formula is C10H17N3O3. The van der Waals surface area contributed by atoms with Gasteiger partial charge in [-0.1, -0.05) is 0 Å². The summed E-state index contributed by atoms with van der Waals surface area (Å²) in [5, 5.41) is 16.3. The van der Waals surface area contributed by atoms with Crippen LogP contribution in [0.15, 0.2) is 12.3 Å². The number of aromatic amines is 1. The average Bonchev–Trinajstić information content (AvgIpc) is 2.81. The summed E-state index contributed by atoms with van der Waals surface area (Å²) < 4.78 is 10.7. The fraction of sp³-hybridized carbons (Fsp3) is 0.700. The summed E-state index contributed by atoms with van der Waals surface area (Å²) in [5.41, 5.74) is 0. The highest BCUT2D eigenvalue weighted by atomic mass is 16.5. The summed E-state index contributed by atoms with van der Waals surface area (Å²) in [7, 11) is 0. The molecule has 0 spiro atoms. The van der Waals surface area contributed by atoms with Crippen molar-refractivity contribution >= 4 is 5.82 Å². The van der Waals surface area contributed by atoms with Crippen LogP contribution in [0, 0.1) is 0 Å². The molecule has 0 aromatic carbocycles. The van der Waals surface area contributed by atoms with Crippen molar-refractivity contribution in [2.75, 3.05) is 44.4 Å². The van der Waals surface area contributed by atoms with Crippen molar-refractivity contribution in [2.24, 2.45) is 0 Å². The maximum absolute atomic E-state index is 9.40. The Morgan fingerprint density at radius 3 is 2.56 bits per heavy atom. The van der Waals surface area contributed by atoms with Crippen LogP contribution in [0.25, 0.3) is 0 Å². The molecule has 1 aromatic heterocycles. The molecule has 6 heteroatoms. The van der Waals surface area contributed by atoms with E-state index in [-0.39, 0.29) is 0 Å². The van der Waals surface area contributed by atoms with E-state index in [1.165, 1.54) is 0 Å². The molecule has 2 heterocycles. The van der Waals surface area contributed by atoms with E-state index in [2.05, 4.69) is 15.1 Å². The molecule has 0 radical (unpaired) electrons. The standard InChI is InChI=1S/C10H17N3O3/c14-9-7-15-5-3-13(4-6-16-8-9)10-1-2-11-12-10/h1-2,9,14H,3-8H2,(H,11,12). The number of nitrogens with zero attached hydrogens (tertiary/aromatic N) is 2. The Bertz CT molecular complexity index is 280. The van der Waals surface area contributed by atoms with Gasteiger partial charge in [-0.25, -0.2) is 0 Å². The van der Waals surface area contributed by atoms with Crippen LogP contribution in [0.2, 0.25) is 0 Å². The number of hydrogen-bond acceptors (Lipinski definition) is 5. The Hall–Kier alpha value is -1.11. The first-order valence-electron chi connectivity index (χ1n) is 5.44. The second kappa shape index (κ2) is 5.83. The van der Waals surface area contributed by atoms with E-state index < -0.39 is 6.10 Å². The first kappa shape index (κ1) is 11.4. The Labute approximate surface area is 94.2 Å². The molecule has 0 saturated carbocycles. The van der Waals surface area contributed by atoms with Crippen molar-refractivity contribution in [1.29, 1.82) is 0 Å². The van der Waals surface area contributed by atoms with Crippen LogP contribution in [-0.4, -0.2) is 60.9 Å². The third kappa shape index (κ3) is 3.19. The highest BCUT2D eigenvalue weighted by molar-refractivity contribution is 5.36. The molecule has 90 valence electrons. The lowest BCUT2D eigenvalue weighted by Crippen LogP contribution is -2.35. The lowest BCUT2D eigenvalue weighted by atomic mass is 10.4. The van der Waals surface area contributed by atoms with Crippen LogP contribution in [0.5, 0.6) is 0 Å². The number of hydrogen-bond donors (Lipinski definition) is 2. The summed E-state index contributed by atoms with van der Waals surface area (Å²) in [6.45, 7) is 3.33. The lowest BCUT2D eigenvalue weighted by molar-refractivity contribution is -0.0208. The molecule has 6 nitrogen and oxygen atoms in total. The Morgan fingerprint density at radius 1 is 1.31 bits per heavy atom. The number of aliphatic hydroxyl groups excluding tert-OH is 1. The van der Waals surface area contributed by atoms with Crippen molar-refractivity contribution in [3.63, 3.8) is 0 Å². The summed E-state index contributed by atoms with van der Waals surface area (Å²) in [6, 6.07) is 1.92. The fourth-order valence-corrected chi connectivity index (χ4v) is 1.61. The van der Waals surface area contributed by atoms with Gasteiger partial charge >= 0.3 is 0 Å². The van der Waals surface area contributed by atoms with E-state index in [1.54, 1.807) is 6.20 Å². The van der Waals surface area contributed by atoms with E-state index in [4.69, 9.17) is 9.47 Å². The summed E-state index contributed by atoms with van der Waals surface area (Å²) in [5.74, 6) is 0.897. The molecule has 2 N–H and O–H groups in total. The van der Waals surface area contributed by atoms with Crippen LogP contribution < -0.4 is 4.90 Å². The zero-order chi connectivity index (χ0) is 11.2. The largest absolute Gasteiger partial charge is 0.388 e. The normalized spacial score (nSPS) is 20.9. The van der Waals surface area contributed by atoms with Crippen molar-refractivity contribution in [2.45, 2.75) is 6.10 Å². The average molecular weight is 227 g/mol. The fourth-order valence-electron chi connectivity index (χ4n) is 1.61. The number of nitrogens with one attached hydrogen (secondary N) is 1. The van der Waals surface area contributed by atoms with Crippen molar-refractivity contribution < 1.29 is 14.6 Å². The monoisotopic (exact) mass is 227 g/mol. The Kier molecular flexibility index (Phi) is 4.15. The molecule has 16 heavy (non-hydrogen) atoms. The first-order chi connectivity index (χ1) is 7.86. The number of ether oxygens (including phenoxy) is 2. The van der Waals surface area contributed by atoms with Gasteiger partial charge in [0.2, 0.25) is 0 Å². The van der Waals surface area contributed by atoms with E-state index in [0.717, 1.165) is 18.9 Å². The van der Waals surface area contributed by atoms with Crippen LogP contribution >= 0.6 is 0 Å². The highest BCUT2D eigenvalue weighted by Gasteiger charge is 2.12. The van der Waals surface area contributed by atoms with Crippen LogP contribution in [0.1, 0.15) is 0 Å². The maximum Gasteiger partial charge on any atom is 0.150 e. The van der Waals surface area contributed by atoms with Gasteiger partial charge in [-0.2, -0.15) is 5.10 Å². The van der Waals surface area contributed by atoms with Crippen molar-refractivity contribution in [1.82, 2.24) is 10.2 Å². The van der Waals surface area contributed by atoms with Crippen molar-refractivity contribution in [3.05, 3.63) is 12.3 Å². The number of aliphatic hydroxyl groups is 1. The molecule has 0 unspecified atom stereocenters. The van der Waals surface area contributed by atoms with Gasteiger partial charge in [-0.3, -0.25) is 5.10 Å². The second-order valence-electron chi connectivity index (χ2n) is 3.72. The molecule has 1 saturated heterocycles. The molecular weight excluding hydrogens is 210 g/mol. The van der Waals surface area contributed by atoms with Gasteiger partial charge in [0.1, 0.15) is 11.9 Å². The van der Waals surface area contributed by atoms with E-state index in [9.17, 15) is 5.11 Å². The van der Waals surface area contributed by atoms with Crippen molar-refractivity contribution in [3.8, 4) is 0 Å². The number of H-pyrrole nitrogens is 1.